The van der Waals surface area contributed by atoms with Crippen LogP contribution in [0.5, 0.6) is 5.75 Å². The van der Waals surface area contributed by atoms with Crippen LogP contribution in [0.3, 0.4) is 0 Å². The number of carbonyl (C=O) groups excluding carboxylic acids is 2. The second-order valence-electron chi connectivity index (χ2n) is 3.95. The van der Waals surface area contributed by atoms with Gasteiger partial charge in [-0.2, -0.15) is 0 Å². The van der Waals surface area contributed by atoms with Crippen LogP contribution in [0, 0.1) is 0 Å². The molecule has 0 bridgehead atoms. The van der Waals surface area contributed by atoms with Crippen LogP contribution in [0.4, 0.5) is 0 Å². The summed E-state index contributed by atoms with van der Waals surface area (Å²) >= 11 is 0. The molecule has 5 heteroatoms. The van der Waals surface area contributed by atoms with Gasteiger partial charge in [0.25, 0.3) is 0 Å². The summed E-state index contributed by atoms with van der Waals surface area (Å²) in [4.78, 5) is 23.1. The Morgan fingerprint density at radius 1 is 1.21 bits per heavy atom. The van der Waals surface area contributed by atoms with Gasteiger partial charge in [-0.25, -0.2) is 0 Å². The van der Waals surface area contributed by atoms with Crippen molar-refractivity contribution >= 4 is 11.7 Å². The Kier molecular flexibility index (Phi) is 6.60. The van der Waals surface area contributed by atoms with Crippen molar-refractivity contribution in [2.45, 2.75) is 19.8 Å². The molecule has 0 aliphatic rings. The van der Waals surface area contributed by atoms with Gasteiger partial charge in [-0.05, 0) is 31.2 Å². The number of hydrogen-bond donors (Lipinski definition) is 2. The first kappa shape index (κ1) is 15.2. The highest BCUT2D eigenvalue weighted by Gasteiger charge is 2.09. The number of benzene rings is 1. The number of rotatable bonds is 8. The van der Waals surface area contributed by atoms with Gasteiger partial charge in [0.05, 0.1) is 13.2 Å². The predicted molar refractivity (Wildman–Crippen MR) is 71.3 cm³/mol. The lowest BCUT2D eigenvalue weighted by atomic mass is 10.1. The van der Waals surface area contributed by atoms with E-state index in [-0.39, 0.29) is 37.7 Å². The van der Waals surface area contributed by atoms with Crippen molar-refractivity contribution in [1.82, 2.24) is 5.32 Å². The molecule has 104 valence electrons. The Morgan fingerprint density at radius 2 is 1.89 bits per heavy atom. The van der Waals surface area contributed by atoms with Crippen molar-refractivity contribution in [2.24, 2.45) is 0 Å². The molecular weight excluding hydrogens is 246 g/mol. The Bertz CT molecular complexity index is 414. The lowest BCUT2D eigenvalue weighted by Gasteiger charge is -2.05. The zero-order valence-corrected chi connectivity index (χ0v) is 11.0. The molecular formula is C14H19NO4. The molecule has 0 saturated carbocycles. The van der Waals surface area contributed by atoms with Gasteiger partial charge in [-0.1, -0.05) is 0 Å². The van der Waals surface area contributed by atoms with Crippen molar-refractivity contribution in [1.29, 1.82) is 0 Å². The fourth-order valence-electron chi connectivity index (χ4n) is 1.56. The quantitative estimate of drug-likeness (QED) is 0.691. The van der Waals surface area contributed by atoms with E-state index >= 15 is 0 Å². The highest BCUT2D eigenvalue weighted by Crippen LogP contribution is 2.13. The summed E-state index contributed by atoms with van der Waals surface area (Å²) in [5, 5.41) is 11.1. The summed E-state index contributed by atoms with van der Waals surface area (Å²) in [7, 11) is 0. The van der Waals surface area contributed by atoms with E-state index in [0.29, 0.717) is 12.2 Å². The highest BCUT2D eigenvalue weighted by molar-refractivity contribution is 5.98. The maximum atomic E-state index is 11.8. The van der Waals surface area contributed by atoms with Crippen LogP contribution < -0.4 is 10.1 Å². The summed E-state index contributed by atoms with van der Waals surface area (Å²) in [6.45, 7) is 2.59. The third-order valence-corrected chi connectivity index (χ3v) is 2.50. The SMILES string of the molecule is CCOc1ccc(C(=O)CCC(=O)NCCO)cc1. The highest BCUT2D eigenvalue weighted by atomic mass is 16.5. The molecule has 2 N–H and O–H groups in total. The maximum absolute atomic E-state index is 11.8. The summed E-state index contributed by atoms with van der Waals surface area (Å²) in [5.74, 6) is 0.412. The molecule has 1 aromatic carbocycles. The van der Waals surface area contributed by atoms with Gasteiger partial charge < -0.3 is 15.2 Å². The van der Waals surface area contributed by atoms with Gasteiger partial charge in [0.2, 0.25) is 5.91 Å². The average molecular weight is 265 g/mol. The van der Waals surface area contributed by atoms with E-state index in [0.717, 1.165) is 5.75 Å². The zero-order valence-electron chi connectivity index (χ0n) is 11.0. The van der Waals surface area contributed by atoms with E-state index in [9.17, 15) is 9.59 Å². The van der Waals surface area contributed by atoms with E-state index in [1.54, 1.807) is 24.3 Å². The Morgan fingerprint density at radius 3 is 2.47 bits per heavy atom. The number of amides is 1. The third-order valence-electron chi connectivity index (χ3n) is 2.50. The molecule has 1 rings (SSSR count). The van der Waals surface area contributed by atoms with Crippen molar-refractivity contribution in [3.63, 3.8) is 0 Å². The van der Waals surface area contributed by atoms with Crippen molar-refractivity contribution in [2.75, 3.05) is 19.8 Å². The molecule has 0 fully saturated rings. The lowest BCUT2D eigenvalue weighted by Crippen LogP contribution is -2.26. The fraction of sp³-hybridized carbons (Fsp3) is 0.429. The van der Waals surface area contributed by atoms with Gasteiger partial charge in [0.15, 0.2) is 5.78 Å². The minimum atomic E-state index is -0.228. The summed E-state index contributed by atoms with van der Waals surface area (Å²) in [6, 6.07) is 6.86. The van der Waals surface area contributed by atoms with Gasteiger partial charge in [0.1, 0.15) is 5.75 Å². The number of Topliss-reactive ketones (excluding diaryl/α,β-unsaturated/α-hetero) is 1. The third kappa shape index (κ3) is 5.52. The van der Waals surface area contributed by atoms with Crippen molar-refractivity contribution in [3.8, 4) is 5.75 Å². The molecule has 0 atom stereocenters. The average Bonchev–Trinajstić information content (AvgIpc) is 2.43. The number of nitrogens with one attached hydrogen (secondary N) is 1. The fourth-order valence-corrected chi connectivity index (χ4v) is 1.56. The molecule has 0 aliphatic carbocycles. The minimum Gasteiger partial charge on any atom is -0.494 e. The topological polar surface area (TPSA) is 75.6 Å². The number of carbonyl (C=O) groups is 2. The van der Waals surface area contributed by atoms with Gasteiger partial charge in [-0.15, -0.1) is 0 Å². The Labute approximate surface area is 112 Å². The van der Waals surface area contributed by atoms with Gasteiger partial charge in [-0.3, -0.25) is 9.59 Å². The summed E-state index contributed by atoms with van der Waals surface area (Å²) < 4.78 is 5.28. The second-order valence-corrected chi connectivity index (χ2v) is 3.95. The first-order valence-corrected chi connectivity index (χ1v) is 6.31. The number of hydrogen-bond acceptors (Lipinski definition) is 4. The molecule has 19 heavy (non-hydrogen) atoms. The predicted octanol–water partition coefficient (Wildman–Crippen LogP) is 1.16. The van der Waals surface area contributed by atoms with Crippen LogP contribution in [0.1, 0.15) is 30.1 Å². The Balaban J connectivity index is 2.42. The number of ketones is 1. The summed E-state index contributed by atoms with van der Waals surface area (Å²) in [6.07, 6.45) is 0.289. The van der Waals surface area contributed by atoms with Crippen LogP contribution >= 0.6 is 0 Å². The largest absolute Gasteiger partial charge is 0.494 e. The molecule has 0 heterocycles. The molecule has 1 aromatic rings. The smallest absolute Gasteiger partial charge is 0.220 e. The van der Waals surface area contributed by atoms with Crippen LogP contribution in [0.2, 0.25) is 0 Å². The number of aliphatic hydroxyl groups is 1. The maximum Gasteiger partial charge on any atom is 0.220 e. The first-order chi connectivity index (χ1) is 9.17. The summed E-state index contributed by atoms with van der Waals surface area (Å²) in [5.41, 5.74) is 0.568. The first-order valence-electron chi connectivity index (χ1n) is 6.31. The van der Waals surface area contributed by atoms with Crippen LogP contribution in [0.25, 0.3) is 0 Å². The molecule has 0 spiro atoms. The van der Waals surface area contributed by atoms with E-state index in [1.165, 1.54) is 0 Å². The monoisotopic (exact) mass is 265 g/mol. The van der Waals surface area contributed by atoms with Crippen molar-refractivity contribution in [3.05, 3.63) is 29.8 Å². The molecule has 0 aliphatic heterocycles. The van der Waals surface area contributed by atoms with Crippen molar-refractivity contribution < 1.29 is 19.4 Å². The van der Waals surface area contributed by atoms with Crippen LogP contribution in [0.15, 0.2) is 24.3 Å². The molecule has 5 nitrogen and oxygen atoms in total. The van der Waals surface area contributed by atoms with Crippen LogP contribution in [-0.2, 0) is 4.79 Å². The molecule has 0 unspecified atom stereocenters. The lowest BCUT2D eigenvalue weighted by molar-refractivity contribution is -0.121. The van der Waals surface area contributed by atoms with Gasteiger partial charge >= 0.3 is 0 Å². The minimum absolute atomic E-state index is 0.0813. The number of aliphatic hydroxyl groups excluding tert-OH is 1. The van der Waals surface area contributed by atoms with E-state index in [4.69, 9.17) is 9.84 Å². The second kappa shape index (κ2) is 8.26. The van der Waals surface area contributed by atoms with E-state index in [2.05, 4.69) is 5.32 Å². The normalized spacial score (nSPS) is 10.0. The Hall–Kier alpha value is -1.88. The van der Waals surface area contributed by atoms with Crippen LogP contribution in [-0.4, -0.2) is 36.6 Å². The molecule has 1 amide bonds. The zero-order chi connectivity index (χ0) is 14.1. The number of ether oxygens (including phenoxy) is 1. The van der Waals surface area contributed by atoms with E-state index < -0.39 is 0 Å². The molecule has 0 radical (unpaired) electrons. The molecule has 0 aromatic heterocycles. The standard InChI is InChI=1S/C14H19NO4/c1-2-19-12-5-3-11(4-6-12)13(17)7-8-14(18)15-9-10-16/h3-6,16H,2,7-10H2,1H3,(H,15,18). The van der Waals surface area contributed by atoms with Gasteiger partial charge in [0, 0.05) is 24.9 Å². The van der Waals surface area contributed by atoms with E-state index in [1.807, 2.05) is 6.92 Å². The molecule has 0 saturated heterocycles.